The van der Waals surface area contributed by atoms with Crippen LogP contribution in [-0.2, 0) is 4.79 Å². The van der Waals surface area contributed by atoms with E-state index in [1.165, 1.54) is 12.1 Å². The van der Waals surface area contributed by atoms with E-state index >= 15 is 0 Å². The van der Waals surface area contributed by atoms with E-state index in [1.54, 1.807) is 30.3 Å². The van der Waals surface area contributed by atoms with Crippen molar-refractivity contribution >= 4 is 27.5 Å². The van der Waals surface area contributed by atoms with Gasteiger partial charge in [0, 0.05) is 16.2 Å². The minimum absolute atomic E-state index is 0.0679. The molecule has 2 aromatic rings. The van der Waals surface area contributed by atoms with Gasteiger partial charge in [0.25, 0.3) is 5.91 Å². The van der Waals surface area contributed by atoms with Crippen LogP contribution in [0.5, 0.6) is 5.75 Å². The highest BCUT2D eigenvalue weighted by molar-refractivity contribution is 9.10. The SMILES string of the molecule is N#Cc1ccc(OCC(=O)Nc2ccc(Br)cc2)cc1F. The number of hydrogen-bond acceptors (Lipinski definition) is 3. The molecule has 2 rings (SSSR count). The third kappa shape index (κ3) is 4.29. The Bertz CT molecular complexity index is 696. The number of rotatable bonds is 4. The Labute approximate surface area is 129 Å². The largest absolute Gasteiger partial charge is 0.484 e. The van der Waals surface area contributed by atoms with Crippen LogP contribution in [0.1, 0.15) is 5.56 Å². The van der Waals surface area contributed by atoms with Gasteiger partial charge in [-0.3, -0.25) is 4.79 Å². The van der Waals surface area contributed by atoms with E-state index in [2.05, 4.69) is 21.2 Å². The summed E-state index contributed by atoms with van der Waals surface area (Å²) in [5, 5.41) is 11.3. The van der Waals surface area contributed by atoms with E-state index in [4.69, 9.17) is 10.00 Å². The van der Waals surface area contributed by atoms with Gasteiger partial charge in [0.05, 0.1) is 5.56 Å². The quantitative estimate of drug-likeness (QED) is 0.919. The number of benzene rings is 2. The van der Waals surface area contributed by atoms with Crippen molar-refractivity contribution in [2.75, 3.05) is 11.9 Å². The summed E-state index contributed by atoms with van der Waals surface area (Å²) < 4.78 is 19.4. The molecule has 0 bridgehead atoms. The summed E-state index contributed by atoms with van der Waals surface area (Å²) in [6.45, 7) is -0.249. The Morgan fingerprint density at radius 1 is 1.29 bits per heavy atom. The number of anilines is 1. The second-order valence-electron chi connectivity index (χ2n) is 4.10. The molecule has 0 atom stereocenters. The first kappa shape index (κ1) is 15.0. The molecule has 0 aliphatic rings. The van der Waals surface area contributed by atoms with Crippen molar-refractivity contribution in [1.29, 1.82) is 5.26 Å². The number of halogens is 2. The van der Waals surface area contributed by atoms with Crippen molar-refractivity contribution in [1.82, 2.24) is 0 Å². The molecule has 0 aromatic heterocycles. The highest BCUT2D eigenvalue weighted by atomic mass is 79.9. The molecule has 0 heterocycles. The maximum absolute atomic E-state index is 13.4. The number of carbonyl (C=O) groups excluding carboxylic acids is 1. The monoisotopic (exact) mass is 348 g/mol. The first-order valence-electron chi connectivity index (χ1n) is 5.96. The number of ether oxygens (including phenoxy) is 1. The van der Waals surface area contributed by atoms with Crippen LogP contribution in [0.25, 0.3) is 0 Å². The van der Waals surface area contributed by atoms with Gasteiger partial charge in [-0.25, -0.2) is 4.39 Å². The molecular formula is C15H10BrFN2O2. The van der Waals surface area contributed by atoms with Crippen molar-refractivity contribution in [3.63, 3.8) is 0 Å². The lowest BCUT2D eigenvalue weighted by atomic mass is 10.2. The molecule has 0 aliphatic heterocycles. The van der Waals surface area contributed by atoms with Crippen LogP contribution >= 0.6 is 15.9 Å². The fraction of sp³-hybridized carbons (Fsp3) is 0.0667. The maximum atomic E-state index is 13.4. The Morgan fingerprint density at radius 2 is 2.00 bits per heavy atom. The average Bonchev–Trinajstić information content (AvgIpc) is 2.48. The third-order valence-corrected chi connectivity index (χ3v) is 3.09. The molecule has 0 radical (unpaired) electrons. The lowest BCUT2D eigenvalue weighted by Gasteiger charge is -2.08. The molecule has 0 spiro atoms. The second-order valence-corrected chi connectivity index (χ2v) is 5.01. The molecule has 2 aromatic carbocycles. The van der Waals surface area contributed by atoms with Gasteiger partial charge in [0.15, 0.2) is 6.61 Å². The van der Waals surface area contributed by atoms with Crippen LogP contribution in [0.15, 0.2) is 46.9 Å². The van der Waals surface area contributed by atoms with E-state index in [-0.39, 0.29) is 23.8 Å². The van der Waals surface area contributed by atoms with Crippen LogP contribution in [0.3, 0.4) is 0 Å². The minimum atomic E-state index is -0.677. The topological polar surface area (TPSA) is 62.1 Å². The Morgan fingerprint density at radius 3 is 2.62 bits per heavy atom. The normalized spacial score (nSPS) is 9.76. The summed E-state index contributed by atoms with van der Waals surface area (Å²) in [7, 11) is 0. The van der Waals surface area contributed by atoms with E-state index < -0.39 is 5.82 Å². The van der Waals surface area contributed by atoms with Crippen molar-refractivity contribution in [3.8, 4) is 11.8 Å². The number of carbonyl (C=O) groups is 1. The standard InChI is InChI=1S/C15H10BrFN2O2/c16-11-2-4-12(5-3-11)19-15(20)9-21-13-6-1-10(8-18)14(17)7-13/h1-7H,9H2,(H,19,20). The Hall–Kier alpha value is -2.39. The number of nitriles is 1. The second kappa shape index (κ2) is 6.86. The summed E-state index contributed by atoms with van der Waals surface area (Å²) in [6.07, 6.45) is 0. The van der Waals surface area contributed by atoms with E-state index in [0.29, 0.717) is 5.69 Å². The van der Waals surface area contributed by atoms with E-state index in [0.717, 1.165) is 10.5 Å². The highest BCUT2D eigenvalue weighted by Crippen LogP contribution is 2.16. The molecule has 21 heavy (non-hydrogen) atoms. The number of nitrogens with one attached hydrogen (secondary N) is 1. The third-order valence-electron chi connectivity index (χ3n) is 2.56. The van der Waals surface area contributed by atoms with Crippen molar-refractivity contribution in [2.24, 2.45) is 0 Å². The zero-order valence-corrected chi connectivity index (χ0v) is 12.4. The lowest BCUT2D eigenvalue weighted by molar-refractivity contribution is -0.118. The van der Waals surface area contributed by atoms with Gasteiger partial charge in [-0.15, -0.1) is 0 Å². The molecular weight excluding hydrogens is 339 g/mol. The van der Waals surface area contributed by atoms with Crippen molar-refractivity contribution in [2.45, 2.75) is 0 Å². The van der Waals surface area contributed by atoms with Gasteiger partial charge < -0.3 is 10.1 Å². The summed E-state index contributed by atoms with van der Waals surface area (Å²) in [6, 6.07) is 12.6. The molecule has 6 heteroatoms. The van der Waals surface area contributed by atoms with Gasteiger partial charge in [-0.2, -0.15) is 5.26 Å². The molecule has 0 saturated heterocycles. The lowest BCUT2D eigenvalue weighted by Crippen LogP contribution is -2.20. The molecule has 4 nitrogen and oxygen atoms in total. The van der Waals surface area contributed by atoms with Crippen LogP contribution in [0.2, 0.25) is 0 Å². The first-order chi connectivity index (χ1) is 10.1. The molecule has 0 fully saturated rings. The highest BCUT2D eigenvalue weighted by Gasteiger charge is 2.06. The summed E-state index contributed by atoms with van der Waals surface area (Å²) in [5.41, 5.74) is 0.569. The fourth-order valence-corrected chi connectivity index (χ4v) is 1.82. The fourth-order valence-electron chi connectivity index (χ4n) is 1.56. The Balaban J connectivity index is 1.91. The number of hydrogen-bond donors (Lipinski definition) is 1. The van der Waals surface area contributed by atoms with E-state index in [9.17, 15) is 9.18 Å². The molecule has 1 amide bonds. The molecule has 1 N–H and O–H groups in total. The number of amides is 1. The van der Waals surface area contributed by atoms with Gasteiger partial charge in [0.2, 0.25) is 0 Å². The van der Waals surface area contributed by atoms with Crippen LogP contribution in [-0.4, -0.2) is 12.5 Å². The van der Waals surface area contributed by atoms with Crippen molar-refractivity contribution in [3.05, 3.63) is 58.3 Å². The smallest absolute Gasteiger partial charge is 0.262 e. The van der Waals surface area contributed by atoms with Crippen LogP contribution in [0.4, 0.5) is 10.1 Å². The van der Waals surface area contributed by atoms with Crippen LogP contribution < -0.4 is 10.1 Å². The van der Waals surface area contributed by atoms with Crippen LogP contribution in [0, 0.1) is 17.1 Å². The van der Waals surface area contributed by atoms with E-state index in [1.807, 2.05) is 0 Å². The van der Waals surface area contributed by atoms with Gasteiger partial charge in [-0.1, -0.05) is 15.9 Å². The maximum Gasteiger partial charge on any atom is 0.262 e. The average molecular weight is 349 g/mol. The molecule has 0 aliphatic carbocycles. The predicted molar refractivity (Wildman–Crippen MR) is 79.4 cm³/mol. The molecule has 0 unspecified atom stereocenters. The summed E-state index contributed by atoms with van der Waals surface area (Å²) >= 11 is 3.30. The molecule has 0 saturated carbocycles. The predicted octanol–water partition coefficient (Wildman–Crippen LogP) is 3.48. The van der Waals surface area contributed by atoms with Crippen molar-refractivity contribution < 1.29 is 13.9 Å². The molecule has 106 valence electrons. The zero-order valence-electron chi connectivity index (χ0n) is 10.8. The summed E-state index contributed by atoms with van der Waals surface area (Å²) in [4.78, 5) is 11.7. The minimum Gasteiger partial charge on any atom is -0.484 e. The number of nitrogens with zero attached hydrogens (tertiary/aromatic N) is 1. The summed E-state index contributed by atoms with van der Waals surface area (Å²) in [5.74, 6) is -0.845. The van der Waals surface area contributed by atoms with Gasteiger partial charge in [-0.05, 0) is 36.4 Å². The van der Waals surface area contributed by atoms with Gasteiger partial charge in [0.1, 0.15) is 17.6 Å². The zero-order chi connectivity index (χ0) is 15.2. The van der Waals surface area contributed by atoms with Gasteiger partial charge >= 0.3 is 0 Å². The Kier molecular flexibility index (Phi) is 4.90. The first-order valence-corrected chi connectivity index (χ1v) is 6.75.